The minimum absolute atomic E-state index is 0.159. The van der Waals surface area contributed by atoms with Crippen LogP contribution in [0.1, 0.15) is 38.3 Å². The molecule has 0 bridgehead atoms. The largest absolute Gasteiger partial charge is 0.350 e. The van der Waals surface area contributed by atoms with Gasteiger partial charge in [-0.25, -0.2) is 4.21 Å². The summed E-state index contributed by atoms with van der Waals surface area (Å²) < 4.78 is 11.9. The van der Waals surface area contributed by atoms with Crippen molar-refractivity contribution in [3.05, 3.63) is 54.1 Å². The van der Waals surface area contributed by atoms with Gasteiger partial charge in [-0.1, -0.05) is 36.4 Å². The van der Waals surface area contributed by atoms with Gasteiger partial charge in [-0.3, -0.25) is 9.59 Å². The summed E-state index contributed by atoms with van der Waals surface area (Å²) in [5.74, 6) is -0.159. The molecular formula is C20H21NO4S. The molecule has 0 aliphatic rings. The first kappa shape index (κ1) is 19.7. The van der Waals surface area contributed by atoms with Gasteiger partial charge >= 0.3 is 0 Å². The third-order valence-corrected chi connectivity index (χ3v) is 5.12. The number of rotatable bonds is 7. The van der Waals surface area contributed by atoms with Gasteiger partial charge in [-0.2, -0.15) is 0 Å². The number of amides is 1. The summed E-state index contributed by atoms with van der Waals surface area (Å²) in [6.45, 7) is 3.19. The van der Waals surface area contributed by atoms with Gasteiger partial charge in [-0.15, -0.1) is 0 Å². The molecule has 0 spiro atoms. The van der Waals surface area contributed by atoms with Gasteiger partial charge in [-0.05, 0) is 35.7 Å². The summed E-state index contributed by atoms with van der Waals surface area (Å²) >= 11 is 0. The highest BCUT2D eigenvalue weighted by atomic mass is 32.2. The molecule has 0 aliphatic heterocycles. The number of carbonyl (C=O) groups excluding carboxylic acids is 3. The lowest BCUT2D eigenvalue weighted by atomic mass is 10.0. The maximum Gasteiger partial charge on any atom is 0.220 e. The predicted molar refractivity (Wildman–Crippen MR) is 101 cm³/mol. The zero-order chi connectivity index (χ0) is 19.1. The molecule has 0 fully saturated rings. The van der Waals surface area contributed by atoms with Crippen molar-refractivity contribution in [2.45, 2.75) is 37.6 Å². The number of benzene rings is 2. The average molecular weight is 371 g/mol. The highest BCUT2D eigenvalue weighted by Crippen LogP contribution is 2.24. The molecule has 2 atom stereocenters. The molecule has 5 nitrogen and oxygen atoms in total. The first-order chi connectivity index (χ1) is 12.4. The fraction of sp³-hybridized carbons (Fsp3) is 0.250. The molecule has 1 amide bonds. The van der Waals surface area contributed by atoms with Crippen molar-refractivity contribution in [2.24, 2.45) is 0 Å². The SMILES string of the molecule is CC(=O)S(=O)c1cccc(-c2ccc(C(C)NC(=O)CCC=O)cc2)c1. The van der Waals surface area contributed by atoms with Crippen molar-refractivity contribution in [1.29, 1.82) is 0 Å². The number of carbonyl (C=O) groups is 3. The number of nitrogens with one attached hydrogen (secondary N) is 1. The zero-order valence-electron chi connectivity index (χ0n) is 14.7. The van der Waals surface area contributed by atoms with Gasteiger partial charge in [0.25, 0.3) is 0 Å². The monoisotopic (exact) mass is 371 g/mol. The van der Waals surface area contributed by atoms with Crippen molar-refractivity contribution in [3.63, 3.8) is 0 Å². The molecule has 0 heterocycles. The number of hydrogen-bond acceptors (Lipinski definition) is 4. The van der Waals surface area contributed by atoms with Crippen LogP contribution >= 0.6 is 0 Å². The topological polar surface area (TPSA) is 80.3 Å². The third kappa shape index (κ3) is 5.20. The molecule has 2 aromatic carbocycles. The molecule has 0 aromatic heterocycles. The van der Waals surface area contributed by atoms with Crippen LogP contribution in [0.3, 0.4) is 0 Å². The second kappa shape index (κ2) is 9.20. The summed E-state index contributed by atoms with van der Waals surface area (Å²) in [6, 6.07) is 14.6. The van der Waals surface area contributed by atoms with Crippen LogP contribution in [-0.2, 0) is 25.2 Å². The summed E-state index contributed by atoms with van der Waals surface area (Å²) in [5, 5.41) is 2.47. The number of hydrogen-bond donors (Lipinski definition) is 1. The standard InChI is InChI=1S/C20H21NO4S/c1-14(21-20(24)7-4-12-22)16-8-10-17(11-9-16)18-5-3-6-19(13-18)26(25)15(2)23/h3,5-6,8-14H,4,7H2,1-2H3,(H,21,24). The molecule has 6 heteroatoms. The first-order valence-corrected chi connectivity index (χ1v) is 9.43. The van der Waals surface area contributed by atoms with Gasteiger partial charge in [0.15, 0.2) is 0 Å². The summed E-state index contributed by atoms with van der Waals surface area (Å²) in [5.41, 5.74) is 2.73. The Morgan fingerprint density at radius 2 is 1.81 bits per heavy atom. The van der Waals surface area contributed by atoms with Crippen LogP contribution in [0.15, 0.2) is 53.4 Å². The van der Waals surface area contributed by atoms with E-state index in [4.69, 9.17) is 0 Å². The second-order valence-corrected chi connectivity index (χ2v) is 7.49. The molecule has 0 aliphatic carbocycles. The van der Waals surface area contributed by atoms with Crippen LogP contribution < -0.4 is 5.32 Å². The Bertz CT molecular complexity index is 830. The van der Waals surface area contributed by atoms with E-state index in [1.54, 1.807) is 18.2 Å². The predicted octanol–water partition coefficient (Wildman–Crippen LogP) is 3.16. The zero-order valence-corrected chi connectivity index (χ0v) is 15.5. The van der Waals surface area contributed by atoms with E-state index >= 15 is 0 Å². The van der Waals surface area contributed by atoms with Gasteiger partial charge in [0.2, 0.25) is 11.0 Å². The van der Waals surface area contributed by atoms with E-state index in [1.165, 1.54) is 6.92 Å². The van der Waals surface area contributed by atoms with E-state index in [-0.39, 0.29) is 29.9 Å². The molecule has 2 aromatic rings. The Labute approximate surface area is 155 Å². The van der Waals surface area contributed by atoms with Crippen molar-refractivity contribution in [2.75, 3.05) is 0 Å². The molecule has 2 unspecified atom stereocenters. The van der Waals surface area contributed by atoms with Gasteiger partial charge in [0.05, 0.1) is 6.04 Å². The highest BCUT2D eigenvalue weighted by molar-refractivity contribution is 8.00. The van der Waals surface area contributed by atoms with Gasteiger partial charge in [0, 0.05) is 24.7 Å². The normalized spacial score (nSPS) is 12.8. The van der Waals surface area contributed by atoms with E-state index in [2.05, 4.69) is 5.32 Å². The first-order valence-electron chi connectivity index (χ1n) is 8.28. The van der Waals surface area contributed by atoms with Crippen LogP contribution in [0.4, 0.5) is 0 Å². The van der Waals surface area contributed by atoms with Crippen LogP contribution in [0.2, 0.25) is 0 Å². The maximum absolute atomic E-state index is 11.9. The van der Waals surface area contributed by atoms with Crippen LogP contribution in [-0.4, -0.2) is 21.5 Å². The van der Waals surface area contributed by atoms with Crippen molar-refractivity contribution < 1.29 is 18.6 Å². The molecular weight excluding hydrogens is 350 g/mol. The fourth-order valence-electron chi connectivity index (χ4n) is 2.51. The summed E-state index contributed by atoms with van der Waals surface area (Å²) in [4.78, 5) is 33.8. The molecule has 26 heavy (non-hydrogen) atoms. The third-order valence-electron chi connectivity index (χ3n) is 3.92. The van der Waals surface area contributed by atoms with Crippen molar-refractivity contribution in [1.82, 2.24) is 5.32 Å². The van der Waals surface area contributed by atoms with E-state index in [9.17, 15) is 18.6 Å². The molecule has 0 saturated carbocycles. The van der Waals surface area contributed by atoms with E-state index < -0.39 is 10.8 Å². The minimum atomic E-state index is -1.65. The molecule has 1 N–H and O–H groups in total. The Morgan fingerprint density at radius 1 is 1.12 bits per heavy atom. The van der Waals surface area contributed by atoms with Crippen LogP contribution in [0, 0.1) is 0 Å². The summed E-state index contributed by atoms with van der Waals surface area (Å²) in [7, 11) is -1.65. The lowest BCUT2D eigenvalue weighted by molar-refractivity contribution is -0.123. The van der Waals surface area contributed by atoms with Gasteiger partial charge in [0.1, 0.15) is 17.1 Å². The average Bonchev–Trinajstić information content (AvgIpc) is 2.65. The molecule has 136 valence electrons. The van der Waals surface area contributed by atoms with E-state index in [0.29, 0.717) is 4.90 Å². The lowest BCUT2D eigenvalue weighted by Crippen LogP contribution is -2.26. The summed E-state index contributed by atoms with van der Waals surface area (Å²) in [6.07, 6.45) is 1.13. The smallest absolute Gasteiger partial charge is 0.220 e. The number of aldehydes is 1. The highest BCUT2D eigenvalue weighted by Gasteiger charge is 2.12. The van der Waals surface area contributed by atoms with E-state index in [0.717, 1.165) is 23.0 Å². The lowest BCUT2D eigenvalue weighted by Gasteiger charge is -2.14. The van der Waals surface area contributed by atoms with Crippen LogP contribution in [0.25, 0.3) is 11.1 Å². The van der Waals surface area contributed by atoms with Crippen molar-refractivity contribution in [3.8, 4) is 11.1 Å². The molecule has 0 saturated heterocycles. The molecule has 2 rings (SSSR count). The van der Waals surface area contributed by atoms with Gasteiger partial charge < -0.3 is 10.1 Å². The van der Waals surface area contributed by atoms with Crippen molar-refractivity contribution >= 4 is 28.1 Å². The fourth-order valence-corrected chi connectivity index (χ4v) is 3.28. The Balaban J connectivity index is 2.13. The van der Waals surface area contributed by atoms with E-state index in [1.807, 2.05) is 37.3 Å². The van der Waals surface area contributed by atoms with Crippen LogP contribution in [0.5, 0.6) is 0 Å². The Kier molecular flexibility index (Phi) is 6.97. The Hall–Kier alpha value is -2.60. The maximum atomic E-state index is 11.9. The second-order valence-electron chi connectivity index (χ2n) is 5.90. The molecule has 0 radical (unpaired) electrons. The quantitative estimate of drug-likeness (QED) is 0.758. The minimum Gasteiger partial charge on any atom is -0.350 e. The Morgan fingerprint density at radius 3 is 2.42 bits per heavy atom.